The lowest BCUT2D eigenvalue weighted by Crippen LogP contribution is -1.99. The monoisotopic (exact) mass is 193 g/mol. The van der Waals surface area contributed by atoms with Crippen LogP contribution in [-0.4, -0.2) is 19.9 Å². The summed E-state index contributed by atoms with van der Waals surface area (Å²) in [5.74, 6) is 0.828. The smallest absolute Gasteiger partial charge is 0.162 e. The number of ketones is 1. The van der Waals surface area contributed by atoms with Crippen LogP contribution in [0.15, 0.2) is 18.2 Å². The van der Waals surface area contributed by atoms with E-state index in [0.717, 1.165) is 5.69 Å². The second-order valence-electron chi connectivity index (χ2n) is 2.98. The summed E-state index contributed by atoms with van der Waals surface area (Å²) in [5.41, 5.74) is 1.58. The molecule has 0 radical (unpaired) electrons. The average molecular weight is 193 g/mol. The molecule has 0 bridgehead atoms. The Balaban J connectivity index is 3.10. The summed E-state index contributed by atoms with van der Waals surface area (Å²) in [6, 6.07) is 5.44. The first-order valence-corrected chi connectivity index (χ1v) is 4.61. The summed E-state index contributed by atoms with van der Waals surface area (Å²) < 4.78 is 5.10. The normalized spacial score (nSPS) is 9.64. The van der Waals surface area contributed by atoms with Gasteiger partial charge in [0.2, 0.25) is 0 Å². The van der Waals surface area contributed by atoms with Crippen LogP contribution in [0.4, 0.5) is 5.69 Å². The molecule has 0 heterocycles. The Morgan fingerprint density at radius 2 is 2.14 bits per heavy atom. The van der Waals surface area contributed by atoms with Crippen LogP contribution in [-0.2, 0) is 0 Å². The zero-order chi connectivity index (χ0) is 10.6. The first-order chi connectivity index (χ1) is 6.71. The van der Waals surface area contributed by atoms with Gasteiger partial charge in [-0.1, -0.05) is 6.92 Å². The minimum Gasteiger partial charge on any atom is -0.497 e. The molecule has 14 heavy (non-hydrogen) atoms. The molecule has 1 aromatic carbocycles. The minimum absolute atomic E-state index is 0.125. The molecule has 0 atom stereocenters. The van der Waals surface area contributed by atoms with Crippen molar-refractivity contribution in [3.8, 4) is 5.75 Å². The molecule has 0 aliphatic rings. The highest BCUT2D eigenvalue weighted by atomic mass is 16.5. The third kappa shape index (κ3) is 2.25. The number of nitrogens with one attached hydrogen (secondary N) is 1. The molecule has 0 saturated carbocycles. The maximum atomic E-state index is 11.5. The largest absolute Gasteiger partial charge is 0.497 e. The molecule has 0 aromatic heterocycles. The lowest BCUT2D eigenvalue weighted by molar-refractivity contribution is 0.0988. The highest BCUT2D eigenvalue weighted by Gasteiger charge is 2.06. The van der Waals surface area contributed by atoms with Crippen molar-refractivity contribution in [2.75, 3.05) is 19.5 Å². The van der Waals surface area contributed by atoms with E-state index < -0.39 is 0 Å². The highest BCUT2D eigenvalue weighted by molar-refractivity contribution is 5.97. The number of Topliss-reactive ketones (excluding diaryl/α,β-unsaturated/α-hetero) is 1. The number of anilines is 1. The first kappa shape index (κ1) is 10.6. The average Bonchev–Trinajstić information content (AvgIpc) is 2.27. The highest BCUT2D eigenvalue weighted by Crippen LogP contribution is 2.21. The fraction of sp³-hybridized carbons (Fsp3) is 0.364. The number of ether oxygens (including phenoxy) is 1. The number of rotatable bonds is 4. The van der Waals surface area contributed by atoms with E-state index in [0.29, 0.717) is 17.7 Å². The Hall–Kier alpha value is -1.51. The van der Waals surface area contributed by atoms with Gasteiger partial charge in [-0.05, 0) is 12.1 Å². The molecule has 0 amide bonds. The van der Waals surface area contributed by atoms with Gasteiger partial charge in [0.1, 0.15) is 5.75 Å². The second-order valence-corrected chi connectivity index (χ2v) is 2.98. The zero-order valence-corrected chi connectivity index (χ0v) is 8.76. The molecule has 1 N–H and O–H groups in total. The van der Waals surface area contributed by atoms with Gasteiger partial charge in [0.15, 0.2) is 5.78 Å². The van der Waals surface area contributed by atoms with Gasteiger partial charge in [-0.3, -0.25) is 4.79 Å². The van der Waals surface area contributed by atoms with Crippen LogP contribution >= 0.6 is 0 Å². The van der Waals surface area contributed by atoms with E-state index in [1.807, 2.05) is 26.1 Å². The van der Waals surface area contributed by atoms with Crippen molar-refractivity contribution < 1.29 is 9.53 Å². The van der Waals surface area contributed by atoms with Gasteiger partial charge >= 0.3 is 0 Å². The van der Waals surface area contributed by atoms with Crippen molar-refractivity contribution in [2.24, 2.45) is 0 Å². The lowest BCUT2D eigenvalue weighted by Gasteiger charge is -2.07. The molecule has 3 heteroatoms. The van der Waals surface area contributed by atoms with E-state index in [1.54, 1.807) is 13.2 Å². The van der Waals surface area contributed by atoms with Gasteiger partial charge in [0, 0.05) is 30.8 Å². The Labute approximate surface area is 84.1 Å². The molecule has 0 unspecified atom stereocenters. The van der Waals surface area contributed by atoms with E-state index in [-0.39, 0.29) is 5.78 Å². The Bertz CT molecular complexity index is 312. The third-order valence-corrected chi connectivity index (χ3v) is 2.07. The topological polar surface area (TPSA) is 38.3 Å². The van der Waals surface area contributed by atoms with E-state index in [1.165, 1.54) is 0 Å². The van der Waals surface area contributed by atoms with Crippen LogP contribution in [0.1, 0.15) is 23.7 Å². The molecule has 1 rings (SSSR count). The van der Waals surface area contributed by atoms with Crippen molar-refractivity contribution in [1.29, 1.82) is 0 Å². The lowest BCUT2D eigenvalue weighted by atomic mass is 10.1. The van der Waals surface area contributed by atoms with Crippen LogP contribution in [0, 0.1) is 0 Å². The van der Waals surface area contributed by atoms with Gasteiger partial charge < -0.3 is 10.1 Å². The van der Waals surface area contributed by atoms with Crippen LogP contribution in [0.25, 0.3) is 0 Å². The molecule has 0 fully saturated rings. The van der Waals surface area contributed by atoms with Crippen molar-refractivity contribution >= 4 is 11.5 Å². The van der Waals surface area contributed by atoms with E-state index in [2.05, 4.69) is 5.32 Å². The fourth-order valence-electron chi connectivity index (χ4n) is 1.23. The van der Waals surface area contributed by atoms with Crippen LogP contribution in [0.2, 0.25) is 0 Å². The van der Waals surface area contributed by atoms with Crippen molar-refractivity contribution in [3.63, 3.8) is 0 Å². The predicted molar refractivity (Wildman–Crippen MR) is 57.2 cm³/mol. The minimum atomic E-state index is 0.125. The summed E-state index contributed by atoms with van der Waals surface area (Å²) in [5, 5.41) is 2.99. The summed E-state index contributed by atoms with van der Waals surface area (Å²) in [6.07, 6.45) is 0.510. The number of carbonyl (C=O) groups excluding carboxylic acids is 1. The number of carbonyl (C=O) groups is 1. The molecule has 1 aromatic rings. The van der Waals surface area contributed by atoms with Gasteiger partial charge in [-0.15, -0.1) is 0 Å². The van der Waals surface area contributed by atoms with Gasteiger partial charge in [-0.2, -0.15) is 0 Å². The summed E-state index contributed by atoms with van der Waals surface area (Å²) in [7, 11) is 3.41. The van der Waals surface area contributed by atoms with Gasteiger partial charge in [-0.25, -0.2) is 0 Å². The fourth-order valence-corrected chi connectivity index (χ4v) is 1.23. The Kier molecular flexibility index (Phi) is 3.51. The standard InChI is InChI=1S/C11H15NO2/c1-4-11(13)8-5-9(12-2)7-10(6-8)14-3/h5-7,12H,4H2,1-3H3. The van der Waals surface area contributed by atoms with Gasteiger partial charge in [0.05, 0.1) is 7.11 Å². The summed E-state index contributed by atoms with van der Waals surface area (Å²) in [4.78, 5) is 11.5. The number of methoxy groups -OCH3 is 1. The molecule has 0 saturated heterocycles. The predicted octanol–water partition coefficient (Wildman–Crippen LogP) is 2.33. The van der Waals surface area contributed by atoms with Crippen molar-refractivity contribution in [1.82, 2.24) is 0 Å². The molecule has 0 spiro atoms. The number of hydrogen-bond donors (Lipinski definition) is 1. The van der Waals surface area contributed by atoms with E-state index in [4.69, 9.17) is 4.74 Å². The number of benzene rings is 1. The summed E-state index contributed by atoms with van der Waals surface area (Å²) >= 11 is 0. The van der Waals surface area contributed by atoms with Crippen molar-refractivity contribution in [3.05, 3.63) is 23.8 Å². The second kappa shape index (κ2) is 4.65. The van der Waals surface area contributed by atoms with Crippen molar-refractivity contribution in [2.45, 2.75) is 13.3 Å². The molecule has 0 aliphatic carbocycles. The van der Waals surface area contributed by atoms with Crippen LogP contribution in [0.5, 0.6) is 5.75 Å². The Morgan fingerprint density at radius 3 is 2.64 bits per heavy atom. The maximum absolute atomic E-state index is 11.5. The molecule has 3 nitrogen and oxygen atoms in total. The maximum Gasteiger partial charge on any atom is 0.162 e. The Morgan fingerprint density at radius 1 is 1.43 bits per heavy atom. The molecule has 76 valence electrons. The number of hydrogen-bond acceptors (Lipinski definition) is 3. The summed E-state index contributed by atoms with van der Waals surface area (Å²) in [6.45, 7) is 1.85. The van der Waals surface area contributed by atoms with E-state index >= 15 is 0 Å². The van der Waals surface area contributed by atoms with E-state index in [9.17, 15) is 4.79 Å². The first-order valence-electron chi connectivity index (χ1n) is 4.61. The molecule has 0 aliphatic heterocycles. The zero-order valence-electron chi connectivity index (χ0n) is 8.76. The van der Waals surface area contributed by atoms with Crippen LogP contribution < -0.4 is 10.1 Å². The van der Waals surface area contributed by atoms with Crippen LogP contribution in [0.3, 0.4) is 0 Å². The quantitative estimate of drug-likeness (QED) is 0.746. The van der Waals surface area contributed by atoms with Gasteiger partial charge in [0.25, 0.3) is 0 Å². The third-order valence-electron chi connectivity index (χ3n) is 2.07. The SMILES string of the molecule is CCC(=O)c1cc(NC)cc(OC)c1. The molecular formula is C11H15NO2. The molecular weight excluding hydrogens is 178 g/mol.